The molecule has 2 aromatic rings. The molecule has 1 amide bonds. The molecule has 6 heteroatoms. The number of nitrogens with two attached hydrogens (primary N) is 1. The van der Waals surface area contributed by atoms with Gasteiger partial charge in [0, 0.05) is 41.0 Å². The number of rotatable bonds is 4. The second-order valence-electron chi connectivity index (χ2n) is 6.48. The zero-order valence-corrected chi connectivity index (χ0v) is 15.5. The van der Waals surface area contributed by atoms with Gasteiger partial charge in [0.05, 0.1) is 0 Å². The lowest BCUT2D eigenvalue weighted by Gasteiger charge is -2.40. The maximum atomic E-state index is 12.3. The molecule has 0 radical (unpaired) electrons. The molecule has 3 rings (SSSR count). The minimum absolute atomic E-state index is 0. The summed E-state index contributed by atoms with van der Waals surface area (Å²) in [7, 11) is 0. The molecular formula is C19H23Cl2N3O. The molecule has 1 aliphatic carbocycles. The summed E-state index contributed by atoms with van der Waals surface area (Å²) < 4.78 is 0. The lowest BCUT2D eigenvalue weighted by Crippen LogP contribution is -2.45. The molecule has 1 fully saturated rings. The summed E-state index contributed by atoms with van der Waals surface area (Å²) >= 11 is 6.15. The van der Waals surface area contributed by atoms with Crippen LogP contribution in [0.4, 0.5) is 0 Å². The van der Waals surface area contributed by atoms with Crippen molar-refractivity contribution in [2.75, 3.05) is 6.54 Å². The van der Waals surface area contributed by atoms with E-state index in [2.05, 4.69) is 16.4 Å². The van der Waals surface area contributed by atoms with Crippen molar-refractivity contribution in [2.45, 2.75) is 37.1 Å². The Hall–Kier alpha value is -1.62. The van der Waals surface area contributed by atoms with Gasteiger partial charge in [-0.15, -0.1) is 12.4 Å². The Morgan fingerprint density at radius 3 is 2.52 bits per heavy atom. The van der Waals surface area contributed by atoms with Gasteiger partial charge < -0.3 is 11.1 Å². The maximum absolute atomic E-state index is 12.3. The highest BCUT2D eigenvalue weighted by Gasteiger charge is 2.36. The Morgan fingerprint density at radius 2 is 1.92 bits per heavy atom. The van der Waals surface area contributed by atoms with E-state index < -0.39 is 0 Å². The predicted molar refractivity (Wildman–Crippen MR) is 103 cm³/mol. The van der Waals surface area contributed by atoms with Crippen molar-refractivity contribution >= 4 is 29.9 Å². The summed E-state index contributed by atoms with van der Waals surface area (Å²) in [6, 6.07) is 11.6. The molecule has 4 nitrogen and oxygen atoms in total. The Balaban J connectivity index is 0.00000225. The van der Waals surface area contributed by atoms with Crippen LogP contribution in [0.2, 0.25) is 5.02 Å². The van der Waals surface area contributed by atoms with E-state index in [0.29, 0.717) is 12.1 Å². The molecule has 1 aromatic carbocycles. The summed E-state index contributed by atoms with van der Waals surface area (Å²) in [6.07, 6.45) is 7.00. The fraction of sp³-hybridized carbons (Fsp3) is 0.368. The van der Waals surface area contributed by atoms with Crippen molar-refractivity contribution in [2.24, 2.45) is 5.73 Å². The number of aromatic nitrogens is 1. The Morgan fingerprint density at radius 1 is 1.24 bits per heavy atom. The molecule has 0 unspecified atom stereocenters. The summed E-state index contributed by atoms with van der Waals surface area (Å²) in [5, 5.41) is 3.87. The molecule has 1 aliphatic rings. The summed E-state index contributed by atoms with van der Waals surface area (Å²) in [5.41, 5.74) is 7.94. The van der Waals surface area contributed by atoms with Gasteiger partial charge in [0.15, 0.2) is 0 Å². The average Bonchev–Trinajstić information content (AvgIpc) is 2.63. The number of pyridine rings is 1. The molecule has 134 valence electrons. The third kappa shape index (κ3) is 4.51. The SMILES string of the molecule is Cl.NCC1(c2cccc(Cl)c2)CCC(NC(=O)c2ccncc2)CC1. The molecule has 0 aliphatic heterocycles. The van der Waals surface area contributed by atoms with Crippen LogP contribution in [0, 0.1) is 0 Å². The third-order valence-corrected chi connectivity index (χ3v) is 5.28. The number of amides is 1. The van der Waals surface area contributed by atoms with E-state index in [1.807, 2.05) is 18.2 Å². The number of hydrogen-bond donors (Lipinski definition) is 2. The van der Waals surface area contributed by atoms with Crippen LogP contribution in [-0.4, -0.2) is 23.5 Å². The van der Waals surface area contributed by atoms with Crippen LogP contribution >= 0.6 is 24.0 Å². The van der Waals surface area contributed by atoms with Crippen LogP contribution < -0.4 is 11.1 Å². The Bertz CT molecular complexity index is 701. The zero-order valence-electron chi connectivity index (χ0n) is 14.0. The molecule has 3 N–H and O–H groups in total. The van der Waals surface area contributed by atoms with Gasteiger partial charge in [-0.25, -0.2) is 0 Å². The normalized spacial score (nSPS) is 22.7. The summed E-state index contributed by atoms with van der Waals surface area (Å²) in [6.45, 7) is 0.596. The zero-order chi connectivity index (χ0) is 17.0. The molecule has 0 atom stereocenters. The van der Waals surface area contributed by atoms with Crippen LogP contribution in [-0.2, 0) is 5.41 Å². The van der Waals surface area contributed by atoms with Crippen molar-refractivity contribution in [3.63, 3.8) is 0 Å². The van der Waals surface area contributed by atoms with Crippen LogP contribution in [0.5, 0.6) is 0 Å². The van der Waals surface area contributed by atoms with E-state index in [0.717, 1.165) is 30.7 Å². The maximum Gasteiger partial charge on any atom is 0.251 e. The first kappa shape index (κ1) is 19.7. The van der Waals surface area contributed by atoms with Crippen LogP contribution in [0.25, 0.3) is 0 Å². The lowest BCUT2D eigenvalue weighted by molar-refractivity contribution is 0.0918. The number of halogens is 2. The fourth-order valence-corrected chi connectivity index (χ4v) is 3.71. The summed E-state index contributed by atoms with van der Waals surface area (Å²) in [4.78, 5) is 16.2. The van der Waals surface area contributed by atoms with E-state index in [1.165, 1.54) is 5.56 Å². The topological polar surface area (TPSA) is 68.0 Å². The van der Waals surface area contributed by atoms with Gasteiger partial charge in [-0.05, 0) is 55.5 Å². The first-order valence-electron chi connectivity index (χ1n) is 8.30. The summed E-state index contributed by atoms with van der Waals surface area (Å²) in [5.74, 6) is -0.0367. The largest absolute Gasteiger partial charge is 0.349 e. The Labute approximate surface area is 159 Å². The number of nitrogens with zero attached hydrogens (tertiary/aromatic N) is 1. The lowest BCUT2D eigenvalue weighted by atomic mass is 9.68. The van der Waals surface area contributed by atoms with Gasteiger partial charge in [0.25, 0.3) is 5.91 Å². The minimum Gasteiger partial charge on any atom is -0.349 e. The average molecular weight is 380 g/mol. The van der Waals surface area contributed by atoms with E-state index in [-0.39, 0.29) is 29.8 Å². The molecule has 0 spiro atoms. The van der Waals surface area contributed by atoms with Crippen LogP contribution in [0.3, 0.4) is 0 Å². The molecular weight excluding hydrogens is 357 g/mol. The van der Waals surface area contributed by atoms with Gasteiger partial charge >= 0.3 is 0 Å². The predicted octanol–water partition coefficient (Wildman–Crippen LogP) is 3.73. The molecule has 1 aromatic heterocycles. The highest BCUT2D eigenvalue weighted by atomic mass is 35.5. The first-order valence-corrected chi connectivity index (χ1v) is 8.68. The third-order valence-electron chi connectivity index (χ3n) is 5.05. The number of nitrogens with one attached hydrogen (secondary N) is 1. The monoisotopic (exact) mass is 379 g/mol. The molecule has 1 saturated carbocycles. The fourth-order valence-electron chi connectivity index (χ4n) is 3.52. The molecule has 25 heavy (non-hydrogen) atoms. The van der Waals surface area contributed by atoms with E-state index in [1.54, 1.807) is 24.5 Å². The standard InChI is InChI=1S/C19H22ClN3O.ClH/c20-16-3-1-2-15(12-16)19(13-21)8-4-17(5-9-19)23-18(24)14-6-10-22-11-7-14;/h1-3,6-7,10-12,17H,4-5,8-9,13,21H2,(H,23,24);1H. The van der Waals surface area contributed by atoms with Crippen LogP contribution in [0.1, 0.15) is 41.6 Å². The highest BCUT2D eigenvalue weighted by molar-refractivity contribution is 6.30. The van der Waals surface area contributed by atoms with E-state index in [9.17, 15) is 4.79 Å². The quantitative estimate of drug-likeness (QED) is 0.850. The van der Waals surface area contributed by atoms with Crippen molar-refractivity contribution in [1.82, 2.24) is 10.3 Å². The van der Waals surface area contributed by atoms with E-state index >= 15 is 0 Å². The molecule has 0 saturated heterocycles. The number of hydrogen-bond acceptors (Lipinski definition) is 3. The van der Waals surface area contributed by atoms with Crippen molar-refractivity contribution in [3.8, 4) is 0 Å². The highest BCUT2D eigenvalue weighted by Crippen LogP contribution is 2.39. The second-order valence-corrected chi connectivity index (χ2v) is 6.91. The smallest absolute Gasteiger partial charge is 0.251 e. The number of carbonyl (C=O) groups excluding carboxylic acids is 1. The van der Waals surface area contributed by atoms with Crippen molar-refractivity contribution in [1.29, 1.82) is 0 Å². The molecule has 1 heterocycles. The van der Waals surface area contributed by atoms with Crippen molar-refractivity contribution < 1.29 is 4.79 Å². The minimum atomic E-state index is -0.0389. The number of carbonyl (C=O) groups is 1. The van der Waals surface area contributed by atoms with Crippen molar-refractivity contribution in [3.05, 3.63) is 64.9 Å². The van der Waals surface area contributed by atoms with Gasteiger partial charge in [-0.1, -0.05) is 23.7 Å². The van der Waals surface area contributed by atoms with Gasteiger partial charge in [-0.2, -0.15) is 0 Å². The van der Waals surface area contributed by atoms with Gasteiger partial charge in [0.2, 0.25) is 0 Å². The number of benzene rings is 1. The van der Waals surface area contributed by atoms with E-state index in [4.69, 9.17) is 17.3 Å². The first-order chi connectivity index (χ1) is 11.6. The molecule has 0 bridgehead atoms. The second kappa shape index (κ2) is 8.65. The Kier molecular flexibility index (Phi) is 6.82. The van der Waals surface area contributed by atoms with Crippen LogP contribution in [0.15, 0.2) is 48.8 Å². The van der Waals surface area contributed by atoms with Gasteiger partial charge in [0.1, 0.15) is 0 Å². The van der Waals surface area contributed by atoms with Gasteiger partial charge in [-0.3, -0.25) is 9.78 Å².